The average molecular weight is 664 g/mol. The van der Waals surface area contributed by atoms with Crippen LogP contribution in [-0.2, 0) is 21.4 Å². The lowest BCUT2D eigenvalue weighted by Crippen LogP contribution is -2.28. The first-order chi connectivity index (χ1) is 23.3. The summed E-state index contributed by atoms with van der Waals surface area (Å²) in [6, 6.07) is 5.29. The highest BCUT2D eigenvalue weighted by Crippen LogP contribution is 2.35. The number of aromatic nitrogens is 1. The van der Waals surface area contributed by atoms with E-state index in [4.69, 9.17) is 9.47 Å². The van der Waals surface area contributed by atoms with E-state index in [-0.39, 0.29) is 30.9 Å². The summed E-state index contributed by atoms with van der Waals surface area (Å²) in [6.07, 6.45) is 16.9. The molecule has 1 unspecified atom stereocenters. The number of benzene rings is 1. The zero-order valence-electron chi connectivity index (χ0n) is 28.4. The Morgan fingerprint density at radius 1 is 1.10 bits per heavy atom. The number of aliphatic imine (C=N–C) groups is 1. The van der Waals surface area contributed by atoms with Crippen LogP contribution in [0.3, 0.4) is 0 Å². The fourth-order valence-electron chi connectivity index (χ4n) is 5.24. The van der Waals surface area contributed by atoms with Gasteiger partial charge in [-0.3, -0.25) is 24.2 Å². The van der Waals surface area contributed by atoms with E-state index >= 15 is 0 Å². The van der Waals surface area contributed by atoms with Crippen molar-refractivity contribution in [2.75, 3.05) is 39.2 Å². The summed E-state index contributed by atoms with van der Waals surface area (Å²) in [6.45, 7) is 3.63. The Morgan fingerprint density at radius 3 is 2.69 bits per heavy atom. The minimum absolute atomic E-state index is 0.0120. The summed E-state index contributed by atoms with van der Waals surface area (Å²) < 4.78 is 13.1. The summed E-state index contributed by atoms with van der Waals surface area (Å²) in [5, 5.41) is 11.4. The number of nitrogens with zero attached hydrogens (tertiary/aromatic N) is 3. The number of rotatable bonds is 21. The molecule has 1 aliphatic rings. The highest BCUT2D eigenvalue weighted by Gasteiger charge is 2.21. The number of carbonyl (C=O) groups excluding carboxylic acids is 4. The van der Waals surface area contributed by atoms with Gasteiger partial charge in [0, 0.05) is 58.3 Å². The smallest absolute Gasteiger partial charge is 0.272 e. The molecule has 1 fully saturated rings. The van der Waals surface area contributed by atoms with Crippen molar-refractivity contribution in [3.63, 3.8) is 0 Å². The number of anilines is 1. The van der Waals surface area contributed by atoms with Gasteiger partial charge in [0.1, 0.15) is 5.69 Å². The molecule has 13 nitrogen and oxygen atoms in total. The molecule has 0 bridgehead atoms. The number of hydrogen-bond donors (Lipinski definition) is 4. The number of allylic oxidation sites excluding steroid dienone is 2. The number of methoxy groups -OCH3 is 1. The first kappa shape index (κ1) is 37.4. The highest BCUT2D eigenvalue weighted by atomic mass is 16.5. The fraction of sp³-hybridized carbons (Fsp3) is 0.457. The maximum atomic E-state index is 13.0. The topological polar surface area (TPSA) is 155 Å². The lowest BCUT2D eigenvalue weighted by Gasteiger charge is -2.16. The van der Waals surface area contributed by atoms with Crippen LogP contribution in [-0.4, -0.2) is 80.2 Å². The van der Waals surface area contributed by atoms with Gasteiger partial charge < -0.3 is 40.2 Å². The van der Waals surface area contributed by atoms with Crippen molar-refractivity contribution in [3.05, 3.63) is 59.7 Å². The molecule has 0 saturated carbocycles. The third kappa shape index (κ3) is 11.9. The molecule has 4 amide bonds. The van der Waals surface area contributed by atoms with E-state index in [2.05, 4.69) is 26.3 Å². The van der Waals surface area contributed by atoms with Crippen molar-refractivity contribution in [2.45, 2.75) is 64.3 Å². The molecule has 13 heteroatoms. The molecule has 0 radical (unpaired) electrons. The van der Waals surface area contributed by atoms with E-state index < -0.39 is 0 Å². The van der Waals surface area contributed by atoms with Gasteiger partial charge in [0.15, 0.2) is 11.5 Å². The zero-order valence-corrected chi connectivity index (χ0v) is 28.4. The van der Waals surface area contributed by atoms with Crippen LogP contribution in [0.4, 0.5) is 11.4 Å². The lowest BCUT2D eigenvalue weighted by molar-refractivity contribution is -0.118. The predicted molar refractivity (Wildman–Crippen MR) is 187 cm³/mol. The predicted octanol–water partition coefficient (Wildman–Crippen LogP) is 4.12. The first-order valence-corrected chi connectivity index (χ1v) is 16.3. The number of likely N-dealkylation sites (tertiary alicyclic amines) is 1. The van der Waals surface area contributed by atoms with Crippen molar-refractivity contribution >= 4 is 42.2 Å². The van der Waals surface area contributed by atoms with E-state index in [9.17, 15) is 19.2 Å². The number of hydrogen-bond acceptors (Lipinski definition) is 8. The van der Waals surface area contributed by atoms with Gasteiger partial charge in [0.25, 0.3) is 5.91 Å². The molecule has 4 N–H and O–H groups in total. The summed E-state index contributed by atoms with van der Waals surface area (Å²) >= 11 is 0. The average Bonchev–Trinajstić information content (AvgIpc) is 3.69. The van der Waals surface area contributed by atoms with Gasteiger partial charge in [-0.25, -0.2) is 0 Å². The maximum Gasteiger partial charge on any atom is 0.272 e. The van der Waals surface area contributed by atoms with Gasteiger partial charge in [-0.2, -0.15) is 0 Å². The molecule has 1 aromatic carbocycles. The SMILES string of the molecule is CN/C=C(\C=C\CCCCCNC=O)NC(=O)c1cc(NC(=O)CCCOc2cc(N=CC3CCCN3C=O)c(C)cc2OC)cn1C. The number of ether oxygens (including phenoxy) is 2. The van der Waals surface area contributed by atoms with Crippen LogP contribution in [0.25, 0.3) is 0 Å². The number of aryl methyl sites for hydroxylation is 2. The molecule has 1 aromatic heterocycles. The first-order valence-electron chi connectivity index (χ1n) is 16.3. The van der Waals surface area contributed by atoms with E-state index in [1.54, 1.807) is 55.3 Å². The van der Waals surface area contributed by atoms with Crippen molar-refractivity contribution in [1.29, 1.82) is 0 Å². The van der Waals surface area contributed by atoms with Crippen LogP contribution in [0.2, 0.25) is 0 Å². The standard InChI is InChI=1S/C35H49N7O6/c1-26-18-32(47-4)33(20-30(26)38-22-29-13-10-16-42(29)25-44)48-17-11-14-34(45)39-28-19-31(41(3)23-28)35(46)40-27(21-36-2)12-8-6-5-7-9-15-37-24-43/h8,12,18-25,29,36H,5-7,9-11,13-17H2,1-4H3,(H,37,43)(H,39,45)(H,40,46)/b12-8+,27-21+,38-22?. The quantitative estimate of drug-likeness (QED) is 0.0678. The largest absolute Gasteiger partial charge is 0.493 e. The second-order valence-corrected chi connectivity index (χ2v) is 11.5. The molecule has 48 heavy (non-hydrogen) atoms. The summed E-state index contributed by atoms with van der Waals surface area (Å²) in [4.78, 5) is 53.7. The number of carbonyl (C=O) groups is 4. The summed E-state index contributed by atoms with van der Waals surface area (Å²) in [5.41, 5.74) is 3.17. The van der Waals surface area contributed by atoms with Crippen LogP contribution in [0.1, 0.15) is 67.4 Å². The van der Waals surface area contributed by atoms with Gasteiger partial charge in [-0.05, 0) is 69.2 Å². The van der Waals surface area contributed by atoms with Crippen LogP contribution in [0, 0.1) is 6.92 Å². The van der Waals surface area contributed by atoms with E-state index in [0.717, 1.165) is 62.7 Å². The monoisotopic (exact) mass is 663 g/mol. The summed E-state index contributed by atoms with van der Waals surface area (Å²) in [7, 11) is 5.07. The normalized spacial score (nSPS) is 14.7. The van der Waals surface area contributed by atoms with E-state index in [1.807, 2.05) is 31.2 Å². The lowest BCUT2D eigenvalue weighted by atomic mass is 10.1. The molecular weight excluding hydrogens is 614 g/mol. The third-order valence-electron chi connectivity index (χ3n) is 7.80. The van der Waals surface area contributed by atoms with Crippen molar-refractivity contribution in [2.24, 2.45) is 12.0 Å². The Morgan fingerprint density at radius 2 is 1.94 bits per heavy atom. The molecular formula is C35H49N7O6. The molecule has 3 rings (SSSR count). The Bertz CT molecular complexity index is 1470. The molecule has 260 valence electrons. The molecule has 1 atom stereocenters. The minimum atomic E-state index is -0.308. The molecule has 1 aliphatic heterocycles. The molecule has 2 heterocycles. The minimum Gasteiger partial charge on any atom is -0.493 e. The van der Waals surface area contributed by atoms with Gasteiger partial charge >= 0.3 is 0 Å². The zero-order chi connectivity index (χ0) is 34.7. The second-order valence-electron chi connectivity index (χ2n) is 11.5. The molecule has 0 spiro atoms. The Kier molecular flexibility index (Phi) is 15.8. The van der Waals surface area contributed by atoms with Gasteiger partial charge in [0.05, 0.1) is 36.8 Å². The number of unbranched alkanes of at least 4 members (excludes halogenated alkanes) is 3. The third-order valence-corrected chi connectivity index (χ3v) is 7.80. The Hall–Kier alpha value is -5.07. The van der Waals surface area contributed by atoms with E-state index in [0.29, 0.717) is 48.0 Å². The van der Waals surface area contributed by atoms with Crippen molar-refractivity contribution in [3.8, 4) is 11.5 Å². The maximum absolute atomic E-state index is 13.0. The fourth-order valence-corrected chi connectivity index (χ4v) is 5.24. The second kappa shape index (κ2) is 20.2. The van der Waals surface area contributed by atoms with Crippen LogP contribution < -0.4 is 30.7 Å². The van der Waals surface area contributed by atoms with E-state index in [1.165, 1.54) is 0 Å². The number of nitrogens with one attached hydrogen (secondary N) is 4. The van der Waals surface area contributed by atoms with Crippen LogP contribution in [0.15, 0.2) is 53.4 Å². The van der Waals surface area contributed by atoms with Crippen molar-refractivity contribution in [1.82, 2.24) is 25.4 Å². The molecule has 2 aromatic rings. The van der Waals surface area contributed by atoms with Gasteiger partial charge in [0.2, 0.25) is 18.7 Å². The van der Waals surface area contributed by atoms with Crippen molar-refractivity contribution < 1.29 is 28.7 Å². The summed E-state index contributed by atoms with van der Waals surface area (Å²) in [5.74, 6) is 0.592. The molecule has 1 saturated heterocycles. The van der Waals surface area contributed by atoms with Gasteiger partial charge in [-0.15, -0.1) is 0 Å². The number of amides is 4. The van der Waals surface area contributed by atoms with Crippen LogP contribution >= 0.6 is 0 Å². The Labute approximate surface area is 282 Å². The highest BCUT2D eigenvalue weighted by molar-refractivity contribution is 5.97. The van der Waals surface area contributed by atoms with Crippen LogP contribution in [0.5, 0.6) is 11.5 Å². The Balaban J connectivity index is 1.48. The van der Waals surface area contributed by atoms with Gasteiger partial charge in [-0.1, -0.05) is 12.5 Å². The molecule has 0 aliphatic carbocycles.